The first kappa shape index (κ1) is 18.6. The average molecular weight is 368 g/mol. The topological polar surface area (TPSA) is 119 Å². The molecule has 0 radical (unpaired) electrons. The van der Waals surface area contributed by atoms with E-state index < -0.39 is 24.0 Å². The molecule has 1 aliphatic carbocycles. The second kappa shape index (κ2) is 8.01. The predicted octanol–water partition coefficient (Wildman–Crippen LogP) is 2.24. The van der Waals surface area contributed by atoms with Crippen LogP contribution in [0.15, 0.2) is 48.5 Å². The van der Waals surface area contributed by atoms with Crippen molar-refractivity contribution < 1.29 is 24.2 Å². The van der Waals surface area contributed by atoms with Crippen molar-refractivity contribution in [2.45, 2.75) is 24.8 Å². The number of fused-ring (bicyclic) bond motifs is 3. The lowest BCUT2D eigenvalue weighted by Crippen LogP contribution is -2.35. The summed E-state index contributed by atoms with van der Waals surface area (Å²) in [5, 5.41) is 10.8. The largest absolute Gasteiger partial charge is 0.480 e. The summed E-state index contributed by atoms with van der Waals surface area (Å²) in [5.41, 5.74) is 9.70. The fraction of sp³-hybridized carbons (Fsp3) is 0.250. The average Bonchev–Trinajstić information content (AvgIpc) is 2.98. The molecule has 0 fully saturated rings. The number of carbonyl (C=O) groups is 3. The van der Waals surface area contributed by atoms with Crippen LogP contribution in [0.3, 0.4) is 0 Å². The maximum Gasteiger partial charge on any atom is 0.413 e. The van der Waals surface area contributed by atoms with Gasteiger partial charge in [0.25, 0.3) is 0 Å². The molecule has 3 rings (SSSR count). The van der Waals surface area contributed by atoms with Crippen LogP contribution in [0.4, 0.5) is 4.79 Å². The van der Waals surface area contributed by atoms with Gasteiger partial charge in [-0.3, -0.25) is 14.9 Å². The zero-order valence-corrected chi connectivity index (χ0v) is 14.6. The summed E-state index contributed by atoms with van der Waals surface area (Å²) in [6.45, 7) is 0.0990. The molecule has 2 aromatic carbocycles. The fourth-order valence-corrected chi connectivity index (χ4v) is 3.22. The molecule has 0 saturated heterocycles. The highest BCUT2D eigenvalue weighted by atomic mass is 16.5. The maximum atomic E-state index is 11.9. The van der Waals surface area contributed by atoms with E-state index in [1.54, 1.807) is 0 Å². The van der Waals surface area contributed by atoms with E-state index in [1.165, 1.54) is 0 Å². The number of nitrogens with one attached hydrogen (secondary N) is 1. The SMILES string of the molecule is N[C@@H](CCC(=O)NC(=O)OCC1c2ccccc2-c2ccccc21)C(=O)O. The molecule has 2 amide bonds. The summed E-state index contributed by atoms with van der Waals surface area (Å²) in [5.74, 6) is -1.91. The Labute approximate surface area is 156 Å². The summed E-state index contributed by atoms with van der Waals surface area (Å²) in [4.78, 5) is 34.3. The number of carboxylic acid groups (broad SMARTS) is 1. The molecule has 0 saturated carbocycles. The van der Waals surface area contributed by atoms with Crippen LogP contribution in [-0.2, 0) is 14.3 Å². The van der Waals surface area contributed by atoms with Gasteiger partial charge in [-0.1, -0.05) is 48.5 Å². The highest BCUT2D eigenvalue weighted by Crippen LogP contribution is 2.44. The number of hydrogen-bond donors (Lipinski definition) is 3. The molecular weight excluding hydrogens is 348 g/mol. The summed E-state index contributed by atoms with van der Waals surface area (Å²) in [6.07, 6.45) is -1.08. The van der Waals surface area contributed by atoms with Gasteiger partial charge in [-0.2, -0.15) is 0 Å². The van der Waals surface area contributed by atoms with E-state index in [0.29, 0.717) is 0 Å². The van der Waals surface area contributed by atoms with Gasteiger partial charge in [-0.05, 0) is 28.7 Å². The molecule has 1 aliphatic rings. The van der Waals surface area contributed by atoms with Crippen molar-refractivity contribution >= 4 is 18.0 Å². The highest BCUT2D eigenvalue weighted by Gasteiger charge is 2.29. The Morgan fingerprint density at radius 1 is 1.04 bits per heavy atom. The van der Waals surface area contributed by atoms with Gasteiger partial charge >= 0.3 is 12.1 Å². The van der Waals surface area contributed by atoms with Crippen LogP contribution in [0.5, 0.6) is 0 Å². The first-order valence-electron chi connectivity index (χ1n) is 8.60. The van der Waals surface area contributed by atoms with Crippen molar-refractivity contribution in [3.63, 3.8) is 0 Å². The summed E-state index contributed by atoms with van der Waals surface area (Å²) in [6, 6.07) is 14.7. The van der Waals surface area contributed by atoms with Crippen LogP contribution in [0, 0.1) is 0 Å². The number of ether oxygens (including phenoxy) is 1. The van der Waals surface area contributed by atoms with Crippen LogP contribution in [0.1, 0.15) is 29.9 Å². The molecular formula is C20H20N2O5. The van der Waals surface area contributed by atoms with E-state index in [-0.39, 0.29) is 25.4 Å². The first-order valence-corrected chi connectivity index (χ1v) is 8.60. The third-order valence-corrected chi connectivity index (χ3v) is 4.58. The van der Waals surface area contributed by atoms with E-state index >= 15 is 0 Å². The van der Waals surface area contributed by atoms with Crippen molar-refractivity contribution in [3.8, 4) is 11.1 Å². The lowest BCUT2D eigenvalue weighted by atomic mass is 9.98. The quantitative estimate of drug-likeness (QED) is 0.719. The van der Waals surface area contributed by atoms with Crippen LogP contribution < -0.4 is 11.1 Å². The molecule has 0 unspecified atom stereocenters. The third-order valence-electron chi connectivity index (χ3n) is 4.58. The fourth-order valence-electron chi connectivity index (χ4n) is 3.22. The van der Waals surface area contributed by atoms with E-state index in [1.807, 2.05) is 48.5 Å². The van der Waals surface area contributed by atoms with Crippen molar-refractivity contribution in [1.29, 1.82) is 0 Å². The molecule has 0 spiro atoms. The normalized spacial score (nSPS) is 13.4. The van der Waals surface area contributed by atoms with Crippen molar-refractivity contribution in [3.05, 3.63) is 59.7 Å². The van der Waals surface area contributed by atoms with Crippen molar-refractivity contribution in [1.82, 2.24) is 5.32 Å². The Bertz CT molecular complexity index is 835. The number of carboxylic acids is 1. The number of carbonyl (C=O) groups excluding carboxylic acids is 2. The molecule has 1 atom stereocenters. The molecule has 0 bridgehead atoms. The van der Waals surface area contributed by atoms with Crippen LogP contribution in [0.2, 0.25) is 0 Å². The zero-order valence-electron chi connectivity index (χ0n) is 14.6. The standard InChI is InChI=1S/C20H20N2O5/c21-17(19(24)25)9-10-18(23)22-20(26)27-11-16-14-7-3-1-5-12(14)13-6-2-4-8-15(13)16/h1-8,16-17H,9-11,21H2,(H,24,25)(H,22,23,26)/t17-/m0/s1. The van der Waals surface area contributed by atoms with Gasteiger partial charge in [0.05, 0.1) is 0 Å². The smallest absolute Gasteiger partial charge is 0.413 e. The monoisotopic (exact) mass is 368 g/mol. The minimum absolute atomic E-state index is 0.0577. The van der Waals surface area contributed by atoms with E-state index in [9.17, 15) is 14.4 Å². The first-order chi connectivity index (χ1) is 13.0. The molecule has 0 aromatic heterocycles. The Balaban J connectivity index is 1.58. The Morgan fingerprint density at radius 2 is 1.59 bits per heavy atom. The number of alkyl carbamates (subject to hydrolysis) is 1. The second-order valence-electron chi connectivity index (χ2n) is 6.36. The van der Waals surface area contributed by atoms with Crippen LogP contribution in [-0.4, -0.2) is 35.7 Å². The minimum Gasteiger partial charge on any atom is -0.480 e. The number of nitrogens with two attached hydrogens (primary N) is 1. The molecule has 4 N–H and O–H groups in total. The molecule has 2 aromatic rings. The zero-order chi connectivity index (χ0) is 19.4. The second-order valence-corrected chi connectivity index (χ2v) is 6.36. The Morgan fingerprint density at radius 3 is 2.15 bits per heavy atom. The van der Waals surface area contributed by atoms with Gasteiger partial charge in [-0.25, -0.2) is 4.79 Å². The maximum absolute atomic E-state index is 11.9. The lowest BCUT2D eigenvalue weighted by Gasteiger charge is -2.14. The molecule has 7 heteroatoms. The van der Waals surface area contributed by atoms with E-state index in [2.05, 4.69) is 5.32 Å². The summed E-state index contributed by atoms with van der Waals surface area (Å²) in [7, 11) is 0. The Hall–Kier alpha value is -3.19. The molecule has 140 valence electrons. The lowest BCUT2D eigenvalue weighted by molar-refractivity contribution is -0.138. The van der Waals surface area contributed by atoms with Crippen LogP contribution in [0.25, 0.3) is 11.1 Å². The predicted molar refractivity (Wildman–Crippen MR) is 98.1 cm³/mol. The molecule has 0 aliphatic heterocycles. The number of aliphatic carboxylic acids is 1. The van der Waals surface area contributed by atoms with Gasteiger partial charge in [0.1, 0.15) is 12.6 Å². The number of imide groups is 1. The van der Waals surface area contributed by atoms with Gasteiger partial charge in [-0.15, -0.1) is 0 Å². The van der Waals surface area contributed by atoms with Crippen molar-refractivity contribution in [2.24, 2.45) is 5.73 Å². The van der Waals surface area contributed by atoms with Gasteiger partial charge in [0.2, 0.25) is 5.91 Å². The third kappa shape index (κ3) is 4.15. The van der Waals surface area contributed by atoms with Gasteiger partial charge < -0.3 is 15.6 Å². The number of amides is 2. The summed E-state index contributed by atoms with van der Waals surface area (Å²) >= 11 is 0. The van der Waals surface area contributed by atoms with Gasteiger partial charge in [0, 0.05) is 12.3 Å². The summed E-state index contributed by atoms with van der Waals surface area (Å²) < 4.78 is 5.25. The number of hydrogen-bond acceptors (Lipinski definition) is 5. The highest BCUT2D eigenvalue weighted by molar-refractivity contribution is 5.92. The minimum atomic E-state index is -1.19. The van der Waals surface area contributed by atoms with E-state index in [4.69, 9.17) is 15.6 Å². The Kier molecular flexibility index (Phi) is 5.52. The molecule has 0 heterocycles. The van der Waals surface area contributed by atoms with E-state index in [0.717, 1.165) is 22.3 Å². The van der Waals surface area contributed by atoms with Crippen LogP contribution >= 0.6 is 0 Å². The van der Waals surface area contributed by atoms with Crippen molar-refractivity contribution in [2.75, 3.05) is 6.61 Å². The molecule has 7 nitrogen and oxygen atoms in total. The number of benzene rings is 2. The molecule has 27 heavy (non-hydrogen) atoms. The number of rotatable bonds is 6. The van der Waals surface area contributed by atoms with Gasteiger partial charge in [0.15, 0.2) is 0 Å².